The van der Waals surface area contributed by atoms with Gasteiger partial charge in [-0.3, -0.25) is 24.0 Å². The Labute approximate surface area is 491 Å². The van der Waals surface area contributed by atoms with E-state index in [2.05, 4.69) is 71.8 Å². The van der Waals surface area contributed by atoms with Crippen molar-refractivity contribution in [2.24, 2.45) is 0 Å². The molecule has 13 rings (SSSR count). The predicted octanol–water partition coefficient (Wildman–Crippen LogP) is 4.97. The third kappa shape index (κ3) is 13.2. The monoisotopic (exact) mass is 1170 g/mol. The Morgan fingerprint density at radius 2 is 1.21 bits per heavy atom. The fraction of sp³-hybridized carbons (Fsp3) is 0.345. The molecule has 0 atom stereocenters. The average molecular weight is 1170 g/mol. The highest BCUT2D eigenvalue weighted by atomic mass is 16.5. The molecule has 2 saturated carbocycles. The summed E-state index contributed by atoms with van der Waals surface area (Å²) in [4.78, 5) is 101. The molecule has 0 spiro atoms. The van der Waals surface area contributed by atoms with Crippen LogP contribution in [0.5, 0.6) is 5.75 Å². The zero-order chi connectivity index (χ0) is 59.8. The Bertz CT molecular complexity index is 3980. The molecule has 4 fully saturated rings. The van der Waals surface area contributed by atoms with Crippen molar-refractivity contribution in [3.63, 3.8) is 0 Å². The summed E-state index contributed by atoms with van der Waals surface area (Å²) in [6.45, 7) is 3.44. The van der Waals surface area contributed by atoms with Crippen molar-refractivity contribution in [1.82, 2.24) is 79.1 Å². The minimum atomic E-state index is -1.03. The maximum Gasteiger partial charge on any atom is 0.371 e. The number of carbonyl (C=O) groups is 4. The highest BCUT2D eigenvalue weighted by Gasteiger charge is 2.30. The number of carbonyl (C=O) groups excluding carboxylic acids is 3. The highest BCUT2D eigenvalue weighted by Crippen LogP contribution is 2.30. The first-order valence-electron chi connectivity index (χ1n) is 28.4. The number of aromatic nitrogens is 12. The van der Waals surface area contributed by atoms with Gasteiger partial charge in [0.2, 0.25) is 5.82 Å². The lowest BCUT2D eigenvalue weighted by Crippen LogP contribution is -2.41. The lowest BCUT2D eigenvalue weighted by molar-refractivity contribution is 0.0674. The van der Waals surface area contributed by atoms with Gasteiger partial charge in [0.25, 0.3) is 28.8 Å². The number of piperidine rings is 2. The largest absolute Gasteiger partial charge is 0.497 e. The molecule has 4 aliphatic rings. The maximum absolute atomic E-state index is 13.5. The summed E-state index contributed by atoms with van der Waals surface area (Å²) in [6.07, 6.45) is 19.7. The summed E-state index contributed by atoms with van der Waals surface area (Å²) in [5.41, 5.74) is 4.78. The molecule has 9 N–H and O–H groups in total. The van der Waals surface area contributed by atoms with Crippen molar-refractivity contribution in [3.8, 4) is 5.75 Å². The molecule has 2 saturated heterocycles. The molecule has 446 valence electrons. The number of hydrogen-bond acceptors (Lipinski definition) is 18. The number of ether oxygens (including phenoxy) is 1. The predicted molar refractivity (Wildman–Crippen MR) is 319 cm³/mol. The van der Waals surface area contributed by atoms with Crippen LogP contribution in [-0.4, -0.2) is 151 Å². The number of H-pyrrole nitrogens is 2. The molecule has 8 aromatic heterocycles. The Balaban J connectivity index is 0.000000158. The summed E-state index contributed by atoms with van der Waals surface area (Å²) in [7, 11) is 5.37. The number of imidazole rings is 4. The molecule has 2 aliphatic carbocycles. The molecule has 0 radical (unpaired) electrons. The van der Waals surface area contributed by atoms with Crippen LogP contribution in [0.15, 0.2) is 120 Å². The van der Waals surface area contributed by atoms with Crippen LogP contribution < -0.4 is 52.7 Å². The van der Waals surface area contributed by atoms with Gasteiger partial charge in [-0.1, -0.05) is 12.1 Å². The van der Waals surface area contributed by atoms with Crippen LogP contribution in [0.25, 0.3) is 11.3 Å². The number of rotatable bonds is 17. The van der Waals surface area contributed by atoms with Gasteiger partial charge < -0.3 is 70.6 Å². The fourth-order valence-corrected chi connectivity index (χ4v) is 10.3. The lowest BCUT2D eigenvalue weighted by Gasteiger charge is -2.32. The number of aromatic amines is 2. The van der Waals surface area contributed by atoms with E-state index >= 15 is 0 Å². The number of benzene rings is 1. The molecule has 86 heavy (non-hydrogen) atoms. The Morgan fingerprint density at radius 3 is 1.72 bits per heavy atom. The van der Waals surface area contributed by atoms with E-state index in [0.29, 0.717) is 89.7 Å². The number of methoxy groups -OCH3 is 1. The number of fused-ring (bicyclic) bond motifs is 2. The van der Waals surface area contributed by atoms with E-state index in [-0.39, 0.29) is 58.8 Å². The van der Waals surface area contributed by atoms with E-state index in [0.717, 1.165) is 68.6 Å². The number of pyridine rings is 2. The third-order valence-electron chi connectivity index (χ3n) is 15.2. The van der Waals surface area contributed by atoms with E-state index in [9.17, 15) is 28.8 Å². The molecule has 28 nitrogen and oxygen atoms in total. The smallest absolute Gasteiger partial charge is 0.371 e. The number of carboxylic acid groups (broad SMARTS) is 1. The number of likely N-dealkylation sites (tertiary alicyclic amines) is 1. The summed E-state index contributed by atoms with van der Waals surface area (Å²) in [5.74, 6) is 0.325. The highest BCUT2D eigenvalue weighted by molar-refractivity contribution is 5.95. The molecular weight excluding hydrogens is 1100 g/mol. The number of hydrogen-bond donors (Lipinski definition) is 9. The van der Waals surface area contributed by atoms with Crippen LogP contribution >= 0.6 is 0 Å². The van der Waals surface area contributed by atoms with Gasteiger partial charge >= 0.3 is 5.97 Å². The van der Waals surface area contributed by atoms with Crippen molar-refractivity contribution >= 4 is 69.4 Å². The van der Waals surface area contributed by atoms with E-state index in [1.54, 1.807) is 71.1 Å². The van der Waals surface area contributed by atoms with Gasteiger partial charge in [-0.05, 0) is 106 Å². The number of nitrogens with one attached hydrogen (secondary N) is 8. The number of amides is 3. The summed E-state index contributed by atoms with van der Waals surface area (Å²) >= 11 is 0. The van der Waals surface area contributed by atoms with Crippen molar-refractivity contribution in [2.75, 3.05) is 68.2 Å². The van der Waals surface area contributed by atoms with Gasteiger partial charge in [0.15, 0.2) is 40.1 Å². The van der Waals surface area contributed by atoms with Gasteiger partial charge in [-0.2, -0.15) is 0 Å². The molecule has 10 heterocycles. The van der Waals surface area contributed by atoms with Crippen molar-refractivity contribution in [1.29, 1.82) is 0 Å². The topological polar surface area (TPSA) is 338 Å². The molecule has 1 aromatic carbocycles. The molecule has 28 heteroatoms. The minimum absolute atomic E-state index is 0.0231. The average Bonchev–Trinajstić information content (AvgIpc) is 2.41. The van der Waals surface area contributed by atoms with Crippen molar-refractivity contribution in [3.05, 3.63) is 160 Å². The molecular formula is C58H66N20O8. The second-order valence-corrected chi connectivity index (χ2v) is 21.3. The standard InChI is InChI=1S/C29H34N8O3.C25H28N10O3.C4H4N2O2/c1-35(18-19-5-9-22(40-2)10-6-19)24-16-26(34-37-25(17-31-27(24)37)28(38)32-20-7-8-20)33-23-4-3-15-36(29(23)39)21-11-13-30-14-12-21;1-26-18-13-20(32-35-19(14-29-22(18)35)23(36)30-15-4-5-15)31-17-3-2-10-34(24(17)37)16-6-11-33(12-7-16)25(38)21-27-8-9-28-21;7-4(8)3-5-1-2-6-3/h3-6,9-10,15-17,20-21,30H,7-8,11-14,18H2,1-2H3,(H,32,38)(H,33,34);2-3,8-10,13-16,26H,4-7,11-12H2,1H3,(H,27,28)(H,30,36)(H,31,32);1-2H,(H,5,6)(H,7,8). The summed E-state index contributed by atoms with van der Waals surface area (Å²) in [5, 5.41) is 36.3. The number of carboxylic acids is 1. The van der Waals surface area contributed by atoms with E-state index < -0.39 is 5.97 Å². The van der Waals surface area contributed by atoms with Crippen molar-refractivity contribution < 1.29 is 29.0 Å². The van der Waals surface area contributed by atoms with E-state index in [1.165, 1.54) is 23.1 Å². The third-order valence-corrected chi connectivity index (χ3v) is 15.2. The Kier molecular flexibility index (Phi) is 17.1. The van der Waals surface area contributed by atoms with Crippen LogP contribution in [0.4, 0.5) is 34.4 Å². The van der Waals surface area contributed by atoms with Crippen LogP contribution in [0, 0.1) is 0 Å². The van der Waals surface area contributed by atoms with E-state index in [4.69, 9.17) is 14.9 Å². The van der Waals surface area contributed by atoms with Gasteiger partial charge in [-0.15, -0.1) is 10.2 Å². The second kappa shape index (κ2) is 25.6. The quantitative estimate of drug-likeness (QED) is 0.0581. The first-order valence-corrected chi connectivity index (χ1v) is 28.4. The maximum atomic E-state index is 13.5. The zero-order valence-corrected chi connectivity index (χ0v) is 47.6. The molecule has 0 unspecified atom stereocenters. The van der Waals surface area contributed by atoms with Gasteiger partial charge in [0.05, 0.1) is 30.9 Å². The second-order valence-electron chi connectivity index (χ2n) is 21.3. The summed E-state index contributed by atoms with van der Waals surface area (Å²) in [6, 6.07) is 19.2. The first kappa shape index (κ1) is 57.4. The summed E-state index contributed by atoms with van der Waals surface area (Å²) < 4.78 is 11.9. The molecule has 3 amide bonds. The molecule has 0 bridgehead atoms. The first-order chi connectivity index (χ1) is 41.8. The Morgan fingerprint density at radius 1 is 0.674 bits per heavy atom. The zero-order valence-electron chi connectivity index (χ0n) is 47.6. The van der Waals surface area contributed by atoms with Crippen LogP contribution in [-0.2, 0) is 6.54 Å². The van der Waals surface area contributed by atoms with Gasteiger partial charge in [0.1, 0.15) is 17.1 Å². The SMILES string of the molecule is CNc1cc(Nc2cccn(C3CCN(C(=O)c4ncc[nH]4)CC3)c2=O)nn2c(C(=O)NC3CC3)cnc12.COc1ccc(CN(C)c2cc(Nc3cccn(C4CCNCC4)c3=O)nn3c(C(=O)NC4CC4)cnc23)cc1.O=C(O)c1ncc[nH]1. The van der Waals surface area contributed by atoms with Crippen LogP contribution in [0.1, 0.15) is 111 Å². The van der Waals surface area contributed by atoms with Gasteiger partial charge in [0, 0.05) is 107 Å². The number of nitrogens with zero attached hydrogens (tertiary/aromatic N) is 12. The van der Waals surface area contributed by atoms with Crippen LogP contribution in [0.3, 0.4) is 0 Å². The Hall–Kier alpha value is -10.4. The number of anilines is 6. The van der Waals surface area contributed by atoms with Gasteiger partial charge in [-0.25, -0.2) is 33.8 Å². The van der Waals surface area contributed by atoms with Crippen molar-refractivity contribution in [2.45, 2.75) is 82.1 Å². The van der Waals surface area contributed by atoms with Crippen LogP contribution in [0.2, 0.25) is 0 Å². The lowest BCUT2D eigenvalue weighted by atomic mass is 10.0. The molecule has 2 aliphatic heterocycles. The normalized spacial score (nSPS) is 15.2. The number of aromatic carboxylic acids is 1. The fourth-order valence-electron chi connectivity index (χ4n) is 10.3. The minimum Gasteiger partial charge on any atom is -0.497 e. The molecule has 9 aromatic rings. The van der Waals surface area contributed by atoms with E-state index in [1.807, 2.05) is 60.3 Å².